The SMILES string of the molecule is COc1cnc(N2CC(Oc3ccc([C@H](C)NC(C)=O)cc3)C2)nc1. The van der Waals surface area contributed by atoms with E-state index in [1.165, 1.54) is 6.92 Å². The van der Waals surface area contributed by atoms with Gasteiger partial charge in [-0.3, -0.25) is 4.79 Å². The predicted molar refractivity (Wildman–Crippen MR) is 93.9 cm³/mol. The number of ether oxygens (including phenoxy) is 2. The summed E-state index contributed by atoms with van der Waals surface area (Å²) in [6, 6.07) is 7.79. The molecule has 0 aliphatic carbocycles. The third kappa shape index (κ3) is 4.17. The van der Waals surface area contributed by atoms with E-state index < -0.39 is 0 Å². The van der Waals surface area contributed by atoms with E-state index in [-0.39, 0.29) is 18.1 Å². The number of hydrogen-bond donors (Lipinski definition) is 1. The summed E-state index contributed by atoms with van der Waals surface area (Å²) in [4.78, 5) is 21.7. The number of hydrogen-bond acceptors (Lipinski definition) is 6. The first-order valence-corrected chi connectivity index (χ1v) is 8.20. The van der Waals surface area contributed by atoms with E-state index in [0.29, 0.717) is 11.7 Å². The lowest BCUT2D eigenvalue weighted by Crippen LogP contribution is -2.54. The average molecular weight is 342 g/mol. The van der Waals surface area contributed by atoms with Gasteiger partial charge in [0.25, 0.3) is 0 Å². The summed E-state index contributed by atoms with van der Waals surface area (Å²) in [6.45, 7) is 4.96. The van der Waals surface area contributed by atoms with Crippen LogP contribution < -0.4 is 19.7 Å². The maximum atomic E-state index is 11.1. The first kappa shape index (κ1) is 17.0. The predicted octanol–water partition coefficient (Wildman–Crippen LogP) is 1.95. The number of nitrogens with one attached hydrogen (secondary N) is 1. The maximum Gasteiger partial charge on any atom is 0.225 e. The second-order valence-corrected chi connectivity index (χ2v) is 6.06. The van der Waals surface area contributed by atoms with Crippen LogP contribution in [0.2, 0.25) is 0 Å². The molecule has 2 heterocycles. The van der Waals surface area contributed by atoms with Gasteiger partial charge in [-0.05, 0) is 24.6 Å². The molecular weight excluding hydrogens is 320 g/mol. The molecule has 1 aromatic heterocycles. The highest BCUT2D eigenvalue weighted by molar-refractivity contribution is 5.73. The van der Waals surface area contributed by atoms with Gasteiger partial charge in [0.2, 0.25) is 11.9 Å². The molecule has 7 heteroatoms. The van der Waals surface area contributed by atoms with E-state index in [2.05, 4.69) is 20.2 Å². The van der Waals surface area contributed by atoms with Crippen molar-refractivity contribution in [3.63, 3.8) is 0 Å². The number of carbonyl (C=O) groups excluding carboxylic acids is 1. The molecule has 1 aliphatic heterocycles. The lowest BCUT2D eigenvalue weighted by molar-refractivity contribution is -0.119. The number of nitrogens with zero attached hydrogens (tertiary/aromatic N) is 3. The monoisotopic (exact) mass is 342 g/mol. The summed E-state index contributed by atoms with van der Waals surface area (Å²) in [6.07, 6.45) is 3.43. The topological polar surface area (TPSA) is 76.6 Å². The highest BCUT2D eigenvalue weighted by atomic mass is 16.5. The van der Waals surface area contributed by atoms with Gasteiger partial charge < -0.3 is 19.7 Å². The van der Waals surface area contributed by atoms with E-state index in [0.717, 1.165) is 24.4 Å². The van der Waals surface area contributed by atoms with E-state index in [4.69, 9.17) is 9.47 Å². The Bertz CT molecular complexity index is 712. The fourth-order valence-corrected chi connectivity index (χ4v) is 2.67. The zero-order valence-corrected chi connectivity index (χ0v) is 14.6. The Balaban J connectivity index is 1.50. The van der Waals surface area contributed by atoms with Gasteiger partial charge in [-0.25, -0.2) is 9.97 Å². The quantitative estimate of drug-likeness (QED) is 0.865. The van der Waals surface area contributed by atoms with Gasteiger partial charge in [-0.1, -0.05) is 12.1 Å². The summed E-state index contributed by atoms with van der Waals surface area (Å²) < 4.78 is 11.0. The van der Waals surface area contributed by atoms with Crippen LogP contribution >= 0.6 is 0 Å². The lowest BCUT2D eigenvalue weighted by atomic mass is 10.1. The van der Waals surface area contributed by atoms with E-state index in [1.54, 1.807) is 19.5 Å². The molecule has 3 rings (SSSR count). The number of anilines is 1. The molecule has 0 spiro atoms. The van der Waals surface area contributed by atoms with E-state index >= 15 is 0 Å². The molecule has 1 aromatic carbocycles. The first-order valence-electron chi connectivity index (χ1n) is 8.20. The van der Waals surface area contributed by atoms with Crippen LogP contribution in [0.25, 0.3) is 0 Å². The summed E-state index contributed by atoms with van der Waals surface area (Å²) in [5.74, 6) is 2.10. The zero-order chi connectivity index (χ0) is 17.8. The second-order valence-electron chi connectivity index (χ2n) is 6.06. The zero-order valence-electron chi connectivity index (χ0n) is 14.6. The average Bonchev–Trinajstić information content (AvgIpc) is 2.58. The molecule has 1 fully saturated rings. The van der Waals surface area contributed by atoms with Crippen LogP contribution in [0.3, 0.4) is 0 Å². The van der Waals surface area contributed by atoms with Crippen LogP contribution in [0.5, 0.6) is 11.5 Å². The van der Waals surface area contributed by atoms with Crippen molar-refractivity contribution < 1.29 is 14.3 Å². The Kier molecular flexibility index (Phi) is 5.02. The number of methoxy groups -OCH3 is 1. The largest absolute Gasteiger partial charge is 0.494 e. The molecule has 2 aromatic rings. The molecule has 0 unspecified atom stereocenters. The van der Waals surface area contributed by atoms with Crippen LogP contribution in [0.15, 0.2) is 36.7 Å². The van der Waals surface area contributed by atoms with Crippen molar-refractivity contribution in [2.24, 2.45) is 0 Å². The first-order chi connectivity index (χ1) is 12.0. The van der Waals surface area contributed by atoms with Crippen molar-refractivity contribution in [2.45, 2.75) is 26.0 Å². The van der Waals surface area contributed by atoms with Gasteiger partial charge in [0.15, 0.2) is 5.75 Å². The molecule has 132 valence electrons. The Hall–Kier alpha value is -2.83. The lowest BCUT2D eigenvalue weighted by Gasteiger charge is -2.38. The van der Waals surface area contributed by atoms with Crippen molar-refractivity contribution >= 4 is 11.9 Å². The Morgan fingerprint density at radius 1 is 1.20 bits per heavy atom. The number of benzene rings is 1. The molecule has 1 saturated heterocycles. The number of carbonyl (C=O) groups is 1. The van der Waals surface area contributed by atoms with Gasteiger partial charge in [0, 0.05) is 6.92 Å². The number of aromatic nitrogens is 2. The van der Waals surface area contributed by atoms with Crippen molar-refractivity contribution in [1.82, 2.24) is 15.3 Å². The van der Waals surface area contributed by atoms with Gasteiger partial charge in [0.05, 0.1) is 38.6 Å². The fraction of sp³-hybridized carbons (Fsp3) is 0.389. The van der Waals surface area contributed by atoms with Crippen LogP contribution in [0.1, 0.15) is 25.5 Å². The molecular formula is C18H22N4O3. The Morgan fingerprint density at radius 3 is 2.40 bits per heavy atom. The Labute approximate surface area is 147 Å². The molecule has 1 atom stereocenters. The second kappa shape index (κ2) is 7.38. The smallest absolute Gasteiger partial charge is 0.225 e. The Morgan fingerprint density at radius 2 is 1.84 bits per heavy atom. The van der Waals surface area contributed by atoms with Gasteiger partial charge in [-0.2, -0.15) is 0 Å². The van der Waals surface area contributed by atoms with Crippen LogP contribution in [-0.2, 0) is 4.79 Å². The van der Waals surface area contributed by atoms with Crippen molar-refractivity contribution in [1.29, 1.82) is 0 Å². The molecule has 7 nitrogen and oxygen atoms in total. The molecule has 25 heavy (non-hydrogen) atoms. The third-order valence-electron chi connectivity index (χ3n) is 4.08. The van der Waals surface area contributed by atoms with Crippen LogP contribution in [0.4, 0.5) is 5.95 Å². The summed E-state index contributed by atoms with van der Waals surface area (Å²) in [7, 11) is 1.59. The normalized spacial score (nSPS) is 15.2. The highest BCUT2D eigenvalue weighted by Gasteiger charge is 2.30. The van der Waals surface area contributed by atoms with E-state index in [9.17, 15) is 4.79 Å². The molecule has 0 saturated carbocycles. The maximum absolute atomic E-state index is 11.1. The van der Waals surface area contributed by atoms with Gasteiger partial charge >= 0.3 is 0 Å². The van der Waals surface area contributed by atoms with Gasteiger partial charge in [-0.15, -0.1) is 0 Å². The van der Waals surface area contributed by atoms with Crippen LogP contribution in [-0.4, -0.2) is 42.2 Å². The minimum atomic E-state index is -0.0388. The summed E-state index contributed by atoms with van der Waals surface area (Å²) in [5.41, 5.74) is 1.05. The summed E-state index contributed by atoms with van der Waals surface area (Å²) >= 11 is 0. The number of rotatable bonds is 6. The van der Waals surface area contributed by atoms with E-state index in [1.807, 2.05) is 31.2 Å². The molecule has 1 amide bonds. The minimum absolute atomic E-state index is 0.0158. The molecule has 1 N–H and O–H groups in total. The van der Waals surface area contributed by atoms with Crippen molar-refractivity contribution in [3.8, 4) is 11.5 Å². The summed E-state index contributed by atoms with van der Waals surface area (Å²) in [5, 5.41) is 2.86. The van der Waals surface area contributed by atoms with Crippen LogP contribution in [0, 0.1) is 0 Å². The standard InChI is InChI=1S/C18H22N4O3/c1-12(21-13(2)23)14-4-6-15(7-5-14)25-17-10-22(11-17)18-19-8-16(24-3)9-20-18/h4-9,12,17H,10-11H2,1-3H3,(H,21,23)/t12-/m0/s1. The minimum Gasteiger partial charge on any atom is -0.494 e. The van der Waals surface area contributed by atoms with Gasteiger partial charge in [0.1, 0.15) is 11.9 Å². The molecule has 0 radical (unpaired) electrons. The third-order valence-corrected chi connectivity index (χ3v) is 4.08. The van der Waals surface area contributed by atoms with Crippen molar-refractivity contribution in [3.05, 3.63) is 42.2 Å². The van der Waals surface area contributed by atoms with Crippen molar-refractivity contribution in [2.75, 3.05) is 25.1 Å². The number of amides is 1. The molecule has 0 bridgehead atoms. The fourth-order valence-electron chi connectivity index (χ4n) is 2.67. The highest BCUT2D eigenvalue weighted by Crippen LogP contribution is 2.23. The molecule has 1 aliphatic rings.